The molecule has 0 spiro atoms. The van der Waals surface area contributed by atoms with Gasteiger partial charge in [0.1, 0.15) is 0 Å². The van der Waals surface area contributed by atoms with Crippen molar-refractivity contribution in [2.45, 2.75) is 19.4 Å². The molecule has 1 fully saturated rings. The lowest BCUT2D eigenvalue weighted by atomic mass is 9.93. The lowest BCUT2D eigenvalue weighted by molar-refractivity contribution is 0.241. The molecule has 2 atom stereocenters. The average Bonchev–Trinajstić information content (AvgIpc) is 2.89. The van der Waals surface area contributed by atoms with Gasteiger partial charge in [-0.25, -0.2) is 0 Å². The van der Waals surface area contributed by atoms with Crippen LogP contribution < -0.4 is 15.2 Å². The van der Waals surface area contributed by atoms with E-state index in [-0.39, 0.29) is 6.04 Å². The SMILES string of the molecule is CCN1CCC(CN)C1c1ccc(OC)c(OC)c1Cl. The Morgan fingerprint density at radius 2 is 2.10 bits per heavy atom. The molecule has 2 rings (SSSR count). The highest BCUT2D eigenvalue weighted by atomic mass is 35.5. The van der Waals surface area contributed by atoms with Gasteiger partial charge in [0.2, 0.25) is 0 Å². The van der Waals surface area contributed by atoms with Crippen LogP contribution >= 0.6 is 11.6 Å². The first-order chi connectivity index (χ1) is 9.67. The summed E-state index contributed by atoms with van der Waals surface area (Å²) in [5, 5.41) is 0.635. The molecule has 1 heterocycles. The lowest BCUT2D eigenvalue weighted by Gasteiger charge is -2.28. The van der Waals surface area contributed by atoms with Crippen LogP contribution in [-0.4, -0.2) is 38.8 Å². The molecule has 20 heavy (non-hydrogen) atoms. The van der Waals surface area contributed by atoms with Crippen LogP contribution in [0.3, 0.4) is 0 Å². The summed E-state index contributed by atoms with van der Waals surface area (Å²) in [5.41, 5.74) is 7.01. The standard InChI is InChI=1S/C15H23ClN2O2/c1-4-18-8-7-10(9-17)14(18)11-5-6-12(19-2)15(20-3)13(11)16/h5-6,10,14H,4,7-9,17H2,1-3H3. The van der Waals surface area contributed by atoms with Gasteiger partial charge in [0.15, 0.2) is 11.5 Å². The van der Waals surface area contributed by atoms with Gasteiger partial charge in [-0.3, -0.25) is 4.90 Å². The number of rotatable bonds is 5. The molecule has 5 heteroatoms. The Morgan fingerprint density at radius 1 is 1.35 bits per heavy atom. The highest BCUT2D eigenvalue weighted by Crippen LogP contribution is 2.45. The van der Waals surface area contributed by atoms with Crippen LogP contribution in [0.5, 0.6) is 11.5 Å². The van der Waals surface area contributed by atoms with Gasteiger partial charge in [-0.05, 0) is 43.6 Å². The second kappa shape index (κ2) is 6.66. The Morgan fingerprint density at radius 3 is 2.65 bits per heavy atom. The number of ether oxygens (including phenoxy) is 2. The Hall–Kier alpha value is -0.970. The van der Waals surface area contributed by atoms with E-state index in [0.29, 0.717) is 29.0 Å². The smallest absolute Gasteiger partial charge is 0.179 e. The van der Waals surface area contributed by atoms with Crippen molar-refractivity contribution in [1.82, 2.24) is 4.90 Å². The van der Waals surface area contributed by atoms with E-state index in [1.54, 1.807) is 14.2 Å². The predicted molar refractivity (Wildman–Crippen MR) is 81.7 cm³/mol. The highest BCUT2D eigenvalue weighted by molar-refractivity contribution is 6.33. The third-order valence-corrected chi connectivity index (χ3v) is 4.56. The lowest BCUT2D eigenvalue weighted by Crippen LogP contribution is -2.28. The molecule has 0 radical (unpaired) electrons. The molecule has 2 unspecified atom stereocenters. The number of hydrogen-bond donors (Lipinski definition) is 1. The van der Waals surface area contributed by atoms with Gasteiger partial charge in [0, 0.05) is 6.04 Å². The fourth-order valence-corrected chi connectivity index (χ4v) is 3.46. The van der Waals surface area contributed by atoms with Crippen LogP contribution in [0.25, 0.3) is 0 Å². The molecule has 0 aromatic heterocycles. The summed E-state index contributed by atoms with van der Waals surface area (Å²) >= 11 is 6.54. The highest BCUT2D eigenvalue weighted by Gasteiger charge is 2.35. The zero-order chi connectivity index (χ0) is 14.7. The molecule has 1 aliphatic heterocycles. The topological polar surface area (TPSA) is 47.7 Å². The molecule has 1 saturated heterocycles. The first-order valence-corrected chi connectivity index (χ1v) is 7.40. The van der Waals surface area contributed by atoms with Gasteiger partial charge in [0.25, 0.3) is 0 Å². The van der Waals surface area contributed by atoms with E-state index in [1.807, 2.05) is 12.1 Å². The number of benzene rings is 1. The predicted octanol–water partition coefficient (Wildman–Crippen LogP) is 2.70. The number of likely N-dealkylation sites (tertiary alicyclic amines) is 1. The number of nitrogens with zero attached hydrogens (tertiary/aromatic N) is 1. The Kier molecular flexibility index (Phi) is 5.13. The largest absolute Gasteiger partial charge is 0.493 e. The van der Waals surface area contributed by atoms with Crippen LogP contribution in [0.15, 0.2) is 12.1 Å². The average molecular weight is 299 g/mol. The summed E-state index contributed by atoms with van der Waals surface area (Å²) in [4.78, 5) is 2.42. The van der Waals surface area contributed by atoms with Gasteiger partial charge in [-0.1, -0.05) is 24.6 Å². The maximum atomic E-state index is 6.54. The van der Waals surface area contributed by atoms with Crippen molar-refractivity contribution in [2.75, 3.05) is 33.9 Å². The normalized spacial score (nSPS) is 23.1. The zero-order valence-corrected chi connectivity index (χ0v) is 13.1. The number of methoxy groups -OCH3 is 2. The summed E-state index contributed by atoms with van der Waals surface area (Å²) in [6.45, 7) is 4.89. The molecule has 4 nitrogen and oxygen atoms in total. The first kappa shape index (κ1) is 15.4. The van der Waals surface area contributed by atoms with Crippen molar-refractivity contribution < 1.29 is 9.47 Å². The van der Waals surface area contributed by atoms with Gasteiger partial charge in [-0.15, -0.1) is 0 Å². The monoisotopic (exact) mass is 298 g/mol. The third-order valence-electron chi connectivity index (χ3n) is 4.17. The molecular formula is C15H23ClN2O2. The second-order valence-electron chi connectivity index (χ2n) is 5.06. The molecule has 112 valence electrons. The molecule has 0 amide bonds. The number of hydrogen-bond acceptors (Lipinski definition) is 4. The zero-order valence-electron chi connectivity index (χ0n) is 12.4. The summed E-state index contributed by atoms with van der Waals surface area (Å²) in [6.07, 6.45) is 1.11. The first-order valence-electron chi connectivity index (χ1n) is 7.02. The minimum absolute atomic E-state index is 0.261. The molecule has 0 bridgehead atoms. The van der Waals surface area contributed by atoms with Crippen molar-refractivity contribution in [3.05, 3.63) is 22.7 Å². The van der Waals surface area contributed by atoms with Crippen LogP contribution in [0, 0.1) is 5.92 Å². The molecule has 1 aliphatic rings. The van der Waals surface area contributed by atoms with Crippen molar-refractivity contribution in [2.24, 2.45) is 11.7 Å². The number of halogens is 1. The maximum absolute atomic E-state index is 6.54. The molecule has 1 aromatic rings. The molecule has 2 N–H and O–H groups in total. The quantitative estimate of drug-likeness (QED) is 0.908. The Balaban J connectivity index is 2.45. The van der Waals surface area contributed by atoms with Gasteiger partial charge >= 0.3 is 0 Å². The summed E-state index contributed by atoms with van der Waals surface area (Å²) in [5.74, 6) is 1.70. The molecule has 0 aliphatic carbocycles. The van der Waals surface area contributed by atoms with E-state index in [9.17, 15) is 0 Å². The fraction of sp³-hybridized carbons (Fsp3) is 0.600. The van der Waals surface area contributed by atoms with E-state index < -0.39 is 0 Å². The van der Waals surface area contributed by atoms with Gasteiger partial charge in [0.05, 0.1) is 19.2 Å². The van der Waals surface area contributed by atoms with Crippen LogP contribution in [0.4, 0.5) is 0 Å². The van der Waals surface area contributed by atoms with E-state index >= 15 is 0 Å². The summed E-state index contributed by atoms with van der Waals surface area (Å²) in [7, 11) is 3.23. The minimum atomic E-state index is 0.261. The third kappa shape index (κ3) is 2.60. The maximum Gasteiger partial charge on any atom is 0.179 e. The Labute approximate surface area is 125 Å². The van der Waals surface area contributed by atoms with E-state index in [2.05, 4.69) is 11.8 Å². The Bertz CT molecular complexity index is 455. The van der Waals surface area contributed by atoms with Crippen molar-refractivity contribution in [1.29, 1.82) is 0 Å². The van der Waals surface area contributed by atoms with Crippen LogP contribution in [0.2, 0.25) is 5.02 Å². The van der Waals surface area contributed by atoms with Crippen molar-refractivity contribution in [3.8, 4) is 11.5 Å². The van der Waals surface area contributed by atoms with Crippen molar-refractivity contribution in [3.63, 3.8) is 0 Å². The second-order valence-corrected chi connectivity index (χ2v) is 5.44. The van der Waals surface area contributed by atoms with Crippen molar-refractivity contribution >= 4 is 11.6 Å². The van der Waals surface area contributed by atoms with Gasteiger partial charge < -0.3 is 15.2 Å². The molecule has 1 aromatic carbocycles. The molecule has 0 saturated carbocycles. The van der Waals surface area contributed by atoms with Crippen LogP contribution in [0.1, 0.15) is 24.9 Å². The van der Waals surface area contributed by atoms with Gasteiger partial charge in [-0.2, -0.15) is 0 Å². The number of nitrogens with two attached hydrogens (primary N) is 1. The fourth-order valence-electron chi connectivity index (χ4n) is 3.11. The molecular weight excluding hydrogens is 276 g/mol. The van der Waals surface area contributed by atoms with E-state index in [0.717, 1.165) is 25.1 Å². The van der Waals surface area contributed by atoms with E-state index in [4.69, 9.17) is 26.8 Å². The summed E-state index contributed by atoms with van der Waals surface area (Å²) < 4.78 is 10.7. The van der Waals surface area contributed by atoms with E-state index in [1.165, 1.54) is 0 Å². The van der Waals surface area contributed by atoms with Crippen LogP contribution in [-0.2, 0) is 0 Å². The minimum Gasteiger partial charge on any atom is -0.493 e. The summed E-state index contributed by atoms with van der Waals surface area (Å²) in [6, 6.07) is 4.21.